The molecule has 0 spiro atoms. The number of aromatic nitrogens is 1. The summed E-state index contributed by atoms with van der Waals surface area (Å²) < 4.78 is 19.6. The highest BCUT2D eigenvalue weighted by molar-refractivity contribution is 9.10. The Kier molecular flexibility index (Phi) is 3.93. The van der Waals surface area contributed by atoms with Crippen LogP contribution in [0.15, 0.2) is 34.8 Å². The summed E-state index contributed by atoms with van der Waals surface area (Å²) in [7, 11) is 0. The Labute approximate surface area is 112 Å². The fraction of sp³-hybridized carbons (Fsp3) is 0.154. The van der Waals surface area contributed by atoms with E-state index in [0.717, 1.165) is 0 Å². The number of aliphatic hydroxyl groups excluding tert-OH is 1. The molecule has 0 atom stereocenters. The number of nitrogens with zero attached hydrogens (tertiary/aromatic N) is 1. The maximum Gasteiger partial charge on any atom is 0.219 e. The Hall–Kier alpha value is -1.46. The van der Waals surface area contributed by atoms with Crippen molar-refractivity contribution in [2.75, 3.05) is 0 Å². The number of hydrogen-bond donors (Lipinski definition) is 1. The van der Waals surface area contributed by atoms with E-state index in [0.29, 0.717) is 15.7 Å². The topological polar surface area (TPSA) is 42.4 Å². The van der Waals surface area contributed by atoms with Crippen LogP contribution in [0.1, 0.15) is 11.3 Å². The van der Waals surface area contributed by atoms with Crippen molar-refractivity contribution >= 4 is 15.9 Å². The van der Waals surface area contributed by atoms with Crippen molar-refractivity contribution in [2.45, 2.75) is 13.5 Å². The quantitative estimate of drug-likeness (QED) is 0.942. The zero-order chi connectivity index (χ0) is 13.1. The standard InChI is InChI=1S/C13H11BrFNO2/c1-8-4-9(7-17)5-13(16-8)18-12-6-10(14)2-3-11(12)15/h2-6,17H,7H2,1H3. The van der Waals surface area contributed by atoms with Gasteiger partial charge in [-0.25, -0.2) is 9.37 Å². The van der Waals surface area contributed by atoms with Gasteiger partial charge >= 0.3 is 0 Å². The van der Waals surface area contributed by atoms with E-state index in [4.69, 9.17) is 9.84 Å². The van der Waals surface area contributed by atoms with Crippen LogP contribution in [-0.4, -0.2) is 10.1 Å². The predicted octanol–water partition coefficient (Wildman–Crippen LogP) is 3.58. The van der Waals surface area contributed by atoms with Gasteiger partial charge in [0.25, 0.3) is 0 Å². The second kappa shape index (κ2) is 5.46. The molecule has 0 aliphatic heterocycles. The van der Waals surface area contributed by atoms with Gasteiger partial charge < -0.3 is 9.84 Å². The molecule has 0 saturated heterocycles. The SMILES string of the molecule is Cc1cc(CO)cc(Oc2cc(Br)ccc2F)n1. The fourth-order valence-corrected chi connectivity index (χ4v) is 1.86. The molecule has 1 aromatic heterocycles. The summed E-state index contributed by atoms with van der Waals surface area (Å²) >= 11 is 3.25. The average Bonchev–Trinajstić information content (AvgIpc) is 2.33. The molecular formula is C13H11BrFNO2. The molecule has 1 heterocycles. The number of hydrogen-bond acceptors (Lipinski definition) is 3. The summed E-state index contributed by atoms with van der Waals surface area (Å²) in [5.41, 5.74) is 1.37. The first-order valence-electron chi connectivity index (χ1n) is 5.30. The van der Waals surface area contributed by atoms with E-state index < -0.39 is 5.82 Å². The van der Waals surface area contributed by atoms with Gasteiger partial charge in [0.15, 0.2) is 11.6 Å². The molecule has 2 aromatic rings. The number of halogens is 2. The molecule has 0 radical (unpaired) electrons. The largest absolute Gasteiger partial charge is 0.436 e. The van der Waals surface area contributed by atoms with Crippen molar-refractivity contribution in [2.24, 2.45) is 0 Å². The van der Waals surface area contributed by atoms with Crippen molar-refractivity contribution in [3.8, 4) is 11.6 Å². The van der Waals surface area contributed by atoms with Crippen molar-refractivity contribution in [1.29, 1.82) is 0 Å². The molecule has 2 rings (SSSR count). The van der Waals surface area contributed by atoms with E-state index in [1.807, 2.05) is 0 Å². The van der Waals surface area contributed by atoms with Gasteiger partial charge in [0, 0.05) is 16.2 Å². The van der Waals surface area contributed by atoms with Gasteiger partial charge in [-0.3, -0.25) is 0 Å². The van der Waals surface area contributed by atoms with Crippen LogP contribution in [0.25, 0.3) is 0 Å². The molecule has 0 fully saturated rings. The molecule has 0 amide bonds. The van der Waals surface area contributed by atoms with Crippen LogP contribution in [0.5, 0.6) is 11.6 Å². The third kappa shape index (κ3) is 3.05. The van der Waals surface area contributed by atoms with Gasteiger partial charge in [-0.15, -0.1) is 0 Å². The zero-order valence-corrected chi connectivity index (χ0v) is 11.2. The molecule has 18 heavy (non-hydrogen) atoms. The van der Waals surface area contributed by atoms with Gasteiger partial charge in [-0.1, -0.05) is 15.9 Å². The molecule has 0 aliphatic rings. The van der Waals surface area contributed by atoms with Crippen molar-refractivity contribution in [3.05, 3.63) is 51.9 Å². The molecule has 5 heteroatoms. The van der Waals surface area contributed by atoms with E-state index in [-0.39, 0.29) is 18.2 Å². The monoisotopic (exact) mass is 311 g/mol. The summed E-state index contributed by atoms with van der Waals surface area (Å²) in [5.74, 6) is -0.116. The lowest BCUT2D eigenvalue weighted by atomic mass is 10.2. The van der Waals surface area contributed by atoms with E-state index in [2.05, 4.69) is 20.9 Å². The lowest BCUT2D eigenvalue weighted by molar-refractivity contribution is 0.280. The maximum absolute atomic E-state index is 13.5. The molecule has 94 valence electrons. The first kappa shape index (κ1) is 13.0. The van der Waals surface area contributed by atoms with E-state index in [1.54, 1.807) is 25.1 Å². The number of aryl methyl sites for hydroxylation is 1. The van der Waals surface area contributed by atoms with Gasteiger partial charge in [-0.2, -0.15) is 0 Å². The van der Waals surface area contributed by atoms with Crippen LogP contribution in [-0.2, 0) is 6.61 Å². The van der Waals surface area contributed by atoms with Gasteiger partial charge in [0.05, 0.1) is 6.61 Å². The minimum atomic E-state index is -0.466. The van der Waals surface area contributed by atoms with E-state index >= 15 is 0 Å². The number of pyridine rings is 1. The predicted molar refractivity (Wildman–Crippen MR) is 69.1 cm³/mol. The second-order valence-corrected chi connectivity index (χ2v) is 4.71. The van der Waals surface area contributed by atoms with Gasteiger partial charge in [-0.05, 0) is 36.8 Å². The number of rotatable bonds is 3. The third-order valence-corrected chi connectivity index (χ3v) is 2.77. The Balaban J connectivity index is 2.33. The molecular weight excluding hydrogens is 301 g/mol. The van der Waals surface area contributed by atoms with E-state index in [9.17, 15) is 4.39 Å². The van der Waals surface area contributed by atoms with Crippen molar-refractivity contribution in [3.63, 3.8) is 0 Å². The molecule has 0 bridgehead atoms. The normalized spacial score (nSPS) is 10.4. The molecule has 0 saturated carbocycles. The van der Waals surface area contributed by atoms with Crippen LogP contribution in [0.2, 0.25) is 0 Å². The van der Waals surface area contributed by atoms with Crippen molar-refractivity contribution in [1.82, 2.24) is 4.98 Å². The van der Waals surface area contributed by atoms with Crippen LogP contribution >= 0.6 is 15.9 Å². The summed E-state index contributed by atoms with van der Waals surface area (Å²) in [6.45, 7) is 1.67. The summed E-state index contributed by atoms with van der Waals surface area (Å²) in [6, 6.07) is 7.74. The third-order valence-electron chi connectivity index (χ3n) is 2.28. The van der Waals surface area contributed by atoms with Crippen LogP contribution < -0.4 is 4.74 Å². The lowest BCUT2D eigenvalue weighted by Crippen LogP contribution is -1.95. The van der Waals surface area contributed by atoms with Crippen LogP contribution in [0.4, 0.5) is 4.39 Å². The molecule has 1 N–H and O–H groups in total. The molecule has 1 aromatic carbocycles. The minimum Gasteiger partial charge on any atom is -0.436 e. The summed E-state index contributed by atoms with van der Waals surface area (Å²) in [6.07, 6.45) is 0. The Morgan fingerprint density at radius 2 is 2.11 bits per heavy atom. The highest BCUT2D eigenvalue weighted by Gasteiger charge is 2.07. The number of benzene rings is 1. The van der Waals surface area contributed by atoms with Gasteiger partial charge in [0.2, 0.25) is 5.88 Å². The average molecular weight is 312 g/mol. The number of ether oxygens (including phenoxy) is 1. The van der Waals surface area contributed by atoms with E-state index in [1.165, 1.54) is 12.1 Å². The zero-order valence-electron chi connectivity index (χ0n) is 9.65. The second-order valence-electron chi connectivity index (χ2n) is 3.79. The molecule has 0 unspecified atom stereocenters. The lowest BCUT2D eigenvalue weighted by Gasteiger charge is -2.08. The molecule has 3 nitrogen and oxygen atoms in total. The maximum atomic E-state index is 13.5. The van der Waals surface area contributed by atoms with Crippen LogP contribution in [0, 0.1) is 12.7 Å². The van der Waals surface area contributed by atoms with Gasteiger partial charge in [0.1, 0.15) is 0 Å². The Bertz CT molecular complexity index is 575. The summed E-state index contributed by atoms with van der Waals surface area (Å²) in [4.78, 5) is 4.13. The smallest absolute Gasteiger partial charge is 0.219 e. The highest BCUT2D eigenvalue weighted by Crippen LogP contribution is 2.27. The Morgan fingerprint density at radius 3 is 2.83 bits per heavy atom. The van der Waals surface area contributed by atoms with Crippen molar-refractivity contribution < 1.29 is 14.2 Å². The highest BCUT2D eigenvalue weighted by atomic mass is 79.9. The Morgan fingerprint density at radius 1 is 1.33 bits per heavy atom. The summed E-state index contributed by atoms with van der Waals surface area (Å²) in [5, 5.41) is 9.09. The molecule has 0 aliphatic carbocycles. The minimum absolute atomic E-state index is 0.0892. The fourth-order valence-electron chi connectivity index (χ4n) is 1.52. The first-order chi connectivity index (χ1) is 8.58. The van der Waals surface area contributed by atoms with Crippen LogP contribution in [0.3, 0.4) is 0 Å². The first-order valence-corrected chi connectivity index (χ1v) is 6.09. The number of aliphatic hydroxyl groups is 1.